The minimum atomic E-state index is -0.953. The zero-order valence-electron chi connectivity index (χ0n) is 21.9. The fourth-order valence-electron chi connectivity index (χ4n) is 4.28. The van der Waals surface area contributed by atoms with Crippen LogP contribution in [-0.4, -0.2) is 90.9 Å². The molecular weight excluding hydrogens is 579 g/mol. The Labute approximate surface area is 247 Å². The van der Waals surface area contributed by atoms with Crippen molar-refractivity contribution in [1.82, 2.24) is 15.1 Å². The lowest BCUT2D eigenvalue weighted by Gasteiger charge is -2.27. The van der Waals surface area contributed by atoms with Gasteiger partial charge >= 0.3 is 6.09 Å². The lowest BCUT2D eigenvalue weighted by molar-refractivity contribution is -0.129. The first-order valence-corrected chi connectivity index (χ1v) is 14.8. The fourth-order valence-corrected chi connectivity index (χ4v) is 5.93. The second-order valence-corrected chi connectivity index (χ2v) is 11.2. The van der Waals surface area contributed by atoms with Gasteiger partial charge in [-0.1, -0.05) is 41.4 Å². The molecule has 0 radical (unpaired) electrons. The van der Waals surface area contributed by atoms with E-state index in [-0.39, 0.29) is 19.6 Å². The number of rotatable bonds is 11. The standard InChI is InChI=1S/C27H32Cl2N4O6S/c28-21-2-1-3-22(29)20(21)15-39-19-6-4-18(5-7-19)14-23(25(30)34)31-26(35)24-16-40-17-33(24)27(36)38-13-10-32-8-11-37-12-9-32/h1-7,23-24H,8-17H2,(H2,30,34)(H,31,35). The van der Waals surface area contributed by atoms with Crippen LogP contribution < -0.4 is 15.8 Å². The minimum absolute atomic E-state index is 0.182. The lowest BCUT2D eigenvalue weighted by Crippen LogP contribution is -2.54. The third-order valence-corrected chi connectivity index (χ3v) is 8.34. The summed E-state index contributed by atoms with van der Waals surface area (Å²) in [5, 5.41) is 3.75. The second-order valence-electron chi connectivity index (χ2n) is 9.35. The molecule has 0 bridgehead atoms. The highest BCUT2D eigenvalue weighted by Gasteiger charge is 2.37. The fraction of sp³-hybridized carbons (Fsp3) is 0.444. The number of carbonyl (C=O) groups excluding carboxylic acids is 3. The smallest absolute Gasteiger partial charge is 0.411 e. The third-order valence-electron chi connectivity index (χ3n) is 6.62. The largest absolute Gasteiger partial charge is 0.489 e. The topological polar surface area (TPSA) is 123 Å². The average molecular weight is 612 g/mol. The molecule has 216 valence electrons. The van der Waals surface area contributed by atoms with Gasteiger partial charge in [0.1, 0.15) is 31.0 Å². The van der Waals surface area contributed by atoms with Gasteiger partial charge in [0.2, 0.25) is 11.8 Å². The van der Waals surface area contributed by atoms with E-state index in [4.69, 9.17) is 43.1 Å². The van der Waals surface area contributed by atoms with Crippen LogP contribution in [0.5, 0.6) is 5.75 Å². The van der Waals surface area contributed by atoms with E-state index in [1.54, 1.807) is 42.5 Å². The molecule has 3 amide bonds. The highest BCUT2D eigenvalue weighted by atomic mass is 35.5. The number of carbonyl (C=O) groups is 3. The maximum atomic E-state index is 13.1. The quantitative estimate of drug-likeness (QED) is 0.398. The van der Waals surface area contributed by atoms with Gasteiger partial charge in [-0.2, -0.15) is 0 Å². The van der Waals surface area contributed by atoms with Crippen LogP contribution in [0.25, 0.3) is 0 Å². The van der Waals surface area contributed by atoms with Crippen molar-refractivity contribution in [2.24, 2.45) is 5.73 Å². The molecular formula is C27H32Cl2N4O6S. The molecule has 0 aliphatic carbocycles. The Balaban J connectivity index is 1.27. The molecule has 10 nitrogen and oxygen atoms in total. The van der Waals surface area contributed by atoms with E-state index >= 15 is 0 Å². The molecule has 40 heavy (non-hydrogen) atoms. The van der Waals surface area contributed by atoms with Crippen LogP contribution in [0.4, 0.5) is 4.79 Å². The molecule has 2 saturated heterocycles. The van der Waals surface area contributed by atoms with Gasteiger partial charge in [-0.25, -0.2) is 4.79 Å². The monoisotopic (exact) mass is 610 g/mol. The molecule has 2 aromatic rings. The number of hydrogen-bond acceptors (Lipinski definition) is 8. The number of hydrogen-bond donors (Lipinski definition) is 2. The maximum absolute atomic E-state index is 13.1. The highest BCUT2D eigenvalue weighted by Crippen LogP contribution is 2.26. The zero-order valence-corrected chi connectivity index (χ0v) is 24.2. The van der Waals surface area contributed by atoms with Crippen LogP contribution in [0.15, 0.2) is 42.5 Å². The highest BCUT2D eigenvalue weighted by molar-refractivity contribution is 7.99. The van der Waals surface area contributed by atoms with Gasteiger partial charge < -0.3 is 25.3 Å². The Morgan fingerprint density at radius 1 is 1.10 bits per heavy atom. The summed E-state index contributed by atoms with van der Waals surface area (Å²) < 4.78 is 16.5. The Morgan fingerprint density at radius 2 is 1.80 bits per heavy atom. The van der Waals surface area contributed by atoms with E-state index in [0.717, 1.165) is 18.7 Å². The van der Waals surface area contributed by atoms with E-state index in [0.29, 0.717) is 52.7 Å². The number of halogens is 2. The van der Waals surface area contributed by atoms with Gasteiger partial charge in [0.05, 0.1) is 19.1 Å². The Kier molecular flexibility index (Phi) is 11.2. The molecule has 4 rings (SSSR count). The molecule has 2 atom stereocenters. The summed E-state index contributed by atoms with van der Waals surface area (Å²) in [6.45, 7) is 3.95. The molecule has 2 aromatic carbocycles. The predicted molar refractivity (Wildman–Crippen MR) is 154 cm³/mol. The average Bonchev–Trinajstić information content (AvgIpc) is 3.44. The number of thioether (sulfide) groups is 1. The zero-order chi connectivity index (χ0) is 28.5. The number of ether oxygens (including phenoxy) is 3. The summed E-state index contributed by atoms with van der Waals surface area (Å²) in [4.78, 5) is 41.5. The van der Waals surface area contributed by atoms with Gasteiger partial charge in [0.15, 0.2) is 0 Å². The first-order chi connectivity index (χ1) is 19.3. The van der Waals surface area contributed by atoms with Crippen molar-refractivity contribution < 1.29 is 28.6 Å². The van der Waals surface area contributed by atoms with Gasteiger partial charge in [-0.05, 0) is 29.8 Å². The second kappa shape index (κ2) is 14.8. The van der Waals surface area contributed by atoms with Gasteiger partial charge in [0, 0.05) is 47.4 Å². The molecule has 0 spiro atoms. The molecule has 2 aliphatic rings. The summed E-state index contributed by atoms with van der Waals surface area (Å²) in [6.07, 6.45) is -0.371. The van der Waals surface area contributed by atoms with Crippen LogP contribution >= 0.6 is 35.0 Å². The number of amides is 3. The van der Waals surface area contributed by atoms with Crippen molar-refractivity contribution in [2.45, 2.75) is 25.1 Å². The number of nitrogens with two attached hydrogens (primary N) is 1. The molecule has 0 saturated carbocycles. The Hall–Kier alpha value is -2.70. The molecule has 2 fully saturated rings. The van der Waals surface area contributed by atoms with E-state index in [1.165, 1.54) is 16.7 Å². The lowest BCUT2D eigenvalue weighted by atomic mass is 10.0. The van der Waals surface area contributed by atoms with Crippen molar-refractivity contribution in [1.29, 1.82) is 0 Å². The first kappa shape index (κ1) is 30.3. The maximum Gasteiger partial charge on any atom is 0.411 e. The Morgan fingerprint density at radius 3 is 2.48 bits per heavy atom. The van der Waals surface area contributed by atoms with Crippen molar-refractivity contribution >= 4 is 52.9 Å². The van der Waals surface area contributed by atoms with Crippen LogP contribution in [0.3, 0.4) is 0 Å². The Bertz CT molecular complexity index is 1160. The number of nitrogens with zero attached hydrogens (tertiary/aromatic N) is 2. The van der Waals surface area contributed by atoms with Gasteiger partial charge in [-0.15, -0.1) is 11.8 Å². The summed E-state index contributed by atoms with van der Waals surface area (Å²) >= 11 is 13.8. The molecule has 13 heteroatoms. The summed E-state index contributed by atoms with van der Waals surface area (Å²) in [6, 6.07) is 10.6. The first-order valence-electron chi connectivity index (χ1n) is 12.9. The third kappa shape index (κ3) is 8.40. The molecule has 2 unspecified atom stereocenters. The number of primary amides is 1. The molecule has 2 heterocycles. The van der Waals surface area contributed by atoms with Gasteiger partial charge in [-0.3, -0.25) is 19.4 Å². The molecule has 3 N–H and O–H groups in total. The van der Waals surface area contributed by atoms with E-state index in [1.807, 2.05) is 0 Å². The SMILES string of the molecule is NC(=O)C(Cc1ccc(OCc2c(Cl)cccc2Cl)cc1)NC(=O)C1CSCN1C(=O)OCCN1CCOCC1. The van der Waals surface area contributed by atoms with Crippen LogP contribution in [0, 0.1) is 0 Å². The summed E-state index contributed by atoms with van der Waals surface area (Å²) in [5.74, 6) is 0.196. The van der Waals surface area contributed by atoms with E-state index in [9.17, 15) is 14.4 Å². The normalized spacial score (nSPS) is 18.2. The van der Waals surface area contributed by atoms with Crippen molar-refractivity contribution in [3.05, 3.63) is 63.6 Å². The summed E-state index contributed by atoms with van der Waals surface area (Å²) in [5.41, 5.74) is 7.06. The van der Waals surface area contributed by atoms with Crippen molar-refractivity contribution in [2.75, 3.05) is 51.1 Å². The van der Waals surface area contributed by atoms with Gasteiger partial charge in [0.25, 0.3) is 0 Å². The van der Waals surface area contributed by atoms with Crippen molar-refractivity contribution in [3.8, 4) is 5.75 Å². The van der Waals surface area contributed by atoms with Crippen LogP contribution in [0.1, 0.15) is 11.1 Å². The summed E-state index contributed by atoms with van der Waals surface area (Å²) in [7, 11) is 0. The van der Waals surface area contributed by atoms with Crippen LogP contribution in [0.2, 0.25) is 10.0 Å². The minimum Gasteiger partial charge on any atom is -0.489 e. The van der Waals surface area contributed by atoms with Crippen molar-refractivity contribution in [3.63, 3.8) is 0 Å². The van der Waals surface area contributed by atoms with E-state index < -0.39 is 30.0 Å². The van der Waals surface area contributed by atoms with E-state index in [2.05, 4.69) is 10.2 Å². The number of benzene rings is 2. The molecule has 0 aromatic heterocycles. The number of morpholine rings is 1. The number of nitrogens with one attached hydrogen (secondary N) is 1. The predicted octanol–water partition coefficient (Wildman–Crippen LogP) is 2.93. The molecule has 2 aliphatic heterocycles. The van der Waals surface area contributed by atoms with Crippen LogP contribution in [-0.2, 0) is 32.1 Å².